The van der Waals surface area contributed by atoms with Crippen LogP contribution in [-0.4, -0.2) is 37.2 Å². The Bertz CT molecular complexity index is 1530. The molecule has 6 nitrogen and oxygen atoms in total. The summed E-state index contributed by atoms with van der Waals surface area (Å²) in [7, 11) is 0. The quantitative estimate of drug-likeness (QED) is 0.0261. The van der Waals surface area contributed by atoms with Crippen LogP contribution in [0.15, 0.2) is 97.2 Å². The van der Waals surface area contributed by atoms with Gasteiger partial charge in [0, 0.05) is 19.3 Å². The number of ether oxygens (including phenoxy) is 3. The van der Waals surface area contributed by atoms with Crippen molar-refractivity contribution >= 4 is 17.9 Å². The number of esters is 3. The van der Waals surface area contributed by atoms with E-state index >= 15 is 0 Å². The van der Waals surface area contributed by atoms with E-state index < -0.39 is 6.10 Å². The summed E-state index contributed by atoms with van der Waals surface area (Å²) >= 11 is 0. The van der Waals surface area contributed by atoms with Gasteiger partial charge in [-0.1, -0.05) is 304 Å². The molecule has 0 amide bonds. The van der Waals surface area contributed by atoms with E-state index in [-0.39, 0.29) is 31.1 Å². The van der Waals surface area contributed by atoms with Crippen molar-refractivity contribution in [1.29, 1.82) is 0 Å². The first-order valence-corrected chi connectivity index (χ1v) is 33.2. The maximum Gasteiger partial charge on any atom is 0.306 e. The monoisotopic (exact) mass is 1080 g/mol. The highest BCUT2D eigenvalue weighted by atomic mass is 16.6. The Kier molecular flexibility index (Phi) is 62.7. The molecule has 0 aliphatic carbocycles. The first-order valence-electron chi connectivity index (χ1n) is 33.2. The standard InChI is InChI=1S/C72H124O6/c1-4-7-10-13-16-19-22-24-26-28-30-32-33-34-35-36-37-38-39-40-42-43-45-47-50-53-56-59-62-65-71(74)77-68-69(67-76-70(73)64-61-58-55-52-49-21-18-15-12-9-6-3)78-72(75)66-63-60-57-54-51-48-46-44-41-31-29-27-25-23-20-17-14-11-8-5-2/h7,10,15-16,18-19,24,26,30,32,34-35,37-38,40,42,69H,4-6,8-9,11-14,17,20-23,25,27-29,31,33,36,39,41,43-68H2,1-3H3/b10-7-,18-15-,19-16-,26-24-,32-30-,35-34-,38-37-,42-40-. The average molecular weight is 1090 g/mol. The maximum absolute atomic E-state index is 12.9. The predicted octanol–water partition coefficient (Wildman–Crippen LogP) is 22.8. The fourth-order valence-corrected chi connectivity index (χ4v) is 9.35. The zero-order chi connectivity index (χ0) is 56.4. The van der Waals surface area contributed by atoms with Crippen LogP contribution in [0.5, 0.6) is 0 Å². The van der Waals surface area contributed by atoms with Crippen molar-refractivity contribution < 1.29 is 28.6 Å². The minimum absolute atomic E-state index is 0.0826. The number of rotatable bonds is 60. The second-order valence-electron chi connectivity index (χ2n) is 22.0. The second kappa shape index (κ2) is 65.8. The molecule has 0 saturated carbocycles. The molecular weight excluding hydrogens is 961 g/mol. The first kappa shape index (κ1) is 74.3. The highest BCUT2D eigenvalue weighted by Crippen LogP contribution is 2.17. The molecule has 0 fully saturated rings. The van der Waals surface area contributed by atoms with Crippen LogP contribution in [0.3, 0.4) is 0 Å². The third-order valence-electron chi connectivity index (χ3n) is 14.3. The van der Waals surface area contributed by atoms with Gasteiger partial charge < -0.3 is 14.2 Å². The molecule has 0 aliphatic rings. The summed E-state index contributed by atoms with van der Waals surface area (Å²) in [6.07, 6.45) is 88.5. The Balaban J connectivity index is 4.28. The lowest BCUT2D eigenvalue weighted by atomic mass is 10.0. The molecule has 0 bridgehead atoms. The molecule has 0 aromatic heterocycles. The van der Waals surface area contributed by atoms with Gasteiger partial charge in [0.05, 0.1) is 0 Å². The van der Waals surface area contributed by atoms with Crippen LogP contribution >= 0.6 is 0 Å². The number of hydrogen-bond donors (Lipinski definition) is 0. The number of carbonyl (C=O) groups is 3. The van der Waals surface area contributed by atoms with Crippen LogP contribution in [0, 0.1) is 0 Å². The molecular formula is C72H124O6. The number of allylic oxidation sites excluding steroid dienone is 16. The summed E-state index contributed by atoms with van der Waals surface area (Å²) in [4.78, 5) is 38.3. The molecule has 0 aliphatic heterocycles. The molecule has 1 unspecified atom stereocenters. The molecule has 1 atom stereocenters. The number of unbranched alkanes of at least 4 members (excludes halogenated alkanes) is 33. The Morgan fingerprint density at radius 1 is 0.269 bits per heavy atom. The van der Waals surface area contributed by atoms with Gasteiger partial charge in [-0.3, -0.25) is 14.4 Å². The molecule has 0 aromatic rings. The maximum atomic E-state index is 12.9. The van der Waals surface area contributed by atoms with Gasteiger partial charge in [-0.15, -0.1) is 0 Å². The average Bonchev–Trinajstić information content (AvgIpc) is 3.44. The van der Waals surface area contributed by atoms with Crippen molar-refractivity contribution in [1.82, 2.24) is 0 Å². The summed E-state index contributed by atoms with van der Waals surface area (Å²) in [5.74, 6) is -0.890. The predicted molar refractivity (Wildman–Crippen MR) is 339 cm³/mol. The highest BCUT2D eigenvalue weighted by molar-refractivity contribution is 5.71. The smallest absolute Gasteiger partial charge is 0.306 e. The van der Waals surface area contributed by atoms with E-state index in [2.05, 4.69) is 118 Å². The zero-order valence-electron chi connectivity index (χ0n) is 51.4. The fraction of sp³-hybridized carbons (Fsp3) is 0.736. The van der Waals surface area contributed by atoms with Gasteiger partial charge in [0.1, 0.15) is 13.2 Å². The molecule has 0 aromatic carbocycles. The van der Waals surface area contributed by atoms with Crippen LogP contribution in [-0.2, 0) is 28.6 Å². The molecule has 78 heavy (non-hydrogen) atoms. The lowest BCUT2D eigenvalue weighted by Crippen LogP contribution is -2.30. The lowest BCUT2D eigenvalue weighted by Gasteiger charge is -2.18. The zero-order valence-corrected chi connectivity index (χ0v) is 51.4. The summed E-state index contributed by atoms with van der Waals surface area (Å²) in [6, 6.07) is 0. The summed E-state index contributed by atoms with van der Waals surface area (Å²) in [5, 5.41) is 0. The van der Waals surface area contributed by atoms with Gasteiger partial charge in [0.15, 0.2) is 6.10 Å². The molecule has 0 spiro atoms. The summed E-state index contributed by atoms with van der Waals surface area (Å²) < 4.78 is 16.9. The van der Waals surface area contributed by atoms with E-state index in [0.717, 1.165) is 116 Å². The van der Waals surface area contributed by atoms with E-state index in [1.165, 1.54) is 167 Å². The molecule has 0 saturated heterocycles. The lowest BCUT2D eigenvalue weighted by molar-refractivity contribution is -0.167. The largest absolute Gasteiger partial charge is 0.462 e. The minimum Gasteiger partial charge on any atom is -0.462 e. The Hall–Kier alpha value is -3.67. The SMILES string of the molecule is CC/C=C\C/C=C\C/C=C\C/C=C\C/C=C\C/C=C\C/C=C\CCCCCCCCCC(=O)OCC(COC(=O)CCCCCCC/C=C\CCCC)OC(=O)CCCCCCCCCCCCCCCCCCCCCC. The minimum atomic E-state index is -0.785. The van der Waals surface area contributed by atoms with Crippen LogP contribution in [0.2, 0.25) is 0 Å². The Morgan fingerprint density at radius 3 is 0.833 bits per heavy atom. The van der Waals surface area contributed by atoms with Crippen LogP contribution in [0.4, 0.5) is 0 Å². The van der Waals surface area contributed by atoms with Crippen molar-refractivity contribution in [2.45, 2.75) is 329 Å². The number of carbonyl (C=O) groups excluding carboxylic acids is 3. The van der Waals surface area contributed by atoms with Crippen LogP contribution in [0.25, 0.3) is 0 Å². The molecule has 0 radical (unpaired) electrons. The van der Waals surface area contributed by atoms with Crippen molar-refractivity contribution in [3.63, 3.8) is 0 Å². The summed E-state index contributed by atoms with van der Waals surface area (Å²) in [6.45, 7) is 6.51. The highest BCUT2D eigenvalue weighted by Gasteiger charge is 2.19. The molecule has 0 heterocycles. The number of hydrogen-bond acceptors (Lipinski definition) is 6. The Morgan fingerprint density at radius 2 is 0.513 bits per heavy atom. The van der Waals surface area contributed by atoms with Crippen LogP contribution in [0.1, 0.15) is 323 Å². The van der Waals surface area contributed by atoms with Crippen molar-refractivity contribution in [3.8, 4) is 0 Å². The van der Waals surface area contributed by atoms with Gasteiger partial charge in [0.25, 0.3) is 0 Å². The van der Waals surface area contributed by atoms with E-state index in [1.807, 2.05) is 0 Å². The van der Waals surface area contributed by atoms with Gasteiger partial charge >= 0.3 is 17.9 Å². The second-order valence-corrected chi connectivity index (χ2v) is 22.0. The third kappa shape index (κ3) is 63.2. The van der Waals surface area contributed by atoms with Crippen molar-refractivity contribution in [2.24, 2.45) is 0 Å². The van der Waals surface area contributed by atoms with E-state index in [1.54, 1.807) is 0 Å². The fourth-order valence-electron chi connectivity index (χ4n) is 9.35. The first-order chi connectivity index (χ1) is 38.5. The van der Waals surface area contributed by atoms with Gasteiger partial charge in [-0.05, 0) is 96.3 Å². The molecule has 0 rings (SSSR count). The van der Waals surface area contributed by atoms with Crippen LogP contribution < -0.4 is 0 Å². The topological polar surface area (TPSA) is 78.9 Å². The van der Waals surface area contributed by atoms with E-state index in [9.17, 15) is 14.4 Å². The third-order valence-corrected chi connectivity index (χ3v) is 14.3. The van der Waals surface area contributed by atoms with Crippen molar-refractivity contribution in [2.75, 3.05) is 13.2 Å². The van der Waals surface area contributed by atoms with E-state index in [4.69, 9.17) is 14.2 Å². The molecule has 0 N–H and O–H groups in total. The van der Waals surface area contributed by atoms with Gasteiger partial charge in [-0.2, -0.15) is 0 Å². The van der Waals surface area contributed by atoms with Gasteiger partial charge in [-0.25, -0.2) is 0 Å². The molecule has 448 valence electrons. The summed E-state index contributed by atoms with van der Waals surface area (Å²) in [5.41, 5.74) is 0. The van der Waals surface area contributed by atoms with E-state index in [0.29, 0.717) is 19.3 Å². The molecule has 6 heteroatoms. The van der Waals surface area contributed by atoms with Crippen molar-refractivity contribution in [3.05, 3.63) is 97.2 Å². The normalized spacial score (nSPS) is 12.7. The van der Waals surface area contributed by atoms with Gasteiger partial charge in [0.2, 0.25) is 0 Å². The Labute approximate surface area is 483 Å².